The maximum Gasteiger partial charge on any atom is 0.174 e. The Labute approximate surface area is 96.5 Å². The Kier molecular flexibility index (Phi) is 3.37. The van der Waals surface area contributed by atoms with Crippen LogP contribution in [-0.4, -0.2) is 10.2 Å². The summed E-state index contributed by atoms with van der Waals surface area (Å²) in [4.78, 5) is 1.35. The molecule has 0 unspecified atom stereocenters. The Hall–Kier alpha value is 0.0900. The molecule has 0 aliphatic rings. The molecule has 0 fully saturated rings. The lowest BCUT2D eigenvalue weighted by molar-refractivity contribution is 1.01. The highest BCUT2D eigenvalue weighted by atomic mass is 79.9. The third-order valence-electron chi connectivity index (χ3n) is 1.36. The highest BCUT2D eigenvalue weighted by molar-refractivity contribution is 9.10. The smallest absolute Gasteiger partial charge is 0.147 e. The second-order valence-corrected chi connectivity index (χ2v) is 6.10. The van der Waals surface area contributed by atoms with Crippen LogP contribution in [0.1, 0.15) is 4.88 Å². The van der Waals surface area contributed by atoms with E-state index < -0.39 is 0 Å². The van der Waals surface area contributed by atoms with E-state index in [4.69, 9.17) is 0 Å². The molecule has 2 aromatic heterocycles. The standard InChI is InChI=1S/C7H5BrN2S3/c8-5-1-2-11-6(5)3-12-7-10-9-4-13-7/h1-2,4H,3H2. The van der Waals surface area contributed by atoms with E-state index in [1.807, 2.05) is 0 Å². The van der Waals surface area contributed by atoms with Crippen LogP contribution < -0.4 is 0 Å². The molecular weight excluding hydrogens is 288 g/mol. The molecule has 6 heteroatoms. The summed E-state index contributed by atoms with van der Waals surface area (Å²) in [5, 5.41) is 9.83. The Morgan fingerprint density at radius 1 is 1.46 bits per heavy atom. The van der Waals surface area contributed by atoms with Crippen LogP contribution in [0.5, 0.6) is 0 Å². The summed E-state index contributed by atoms with van der Waals surface area (Å²) in [5.74, 6) is 0.966. The lowest BCUT2D eigenvalue weighted by atomic mass is 10.5. The van der Waals surface area contributed by atoms with Crippen LogP contribution in [-0.2, 0) is 5.75 Å². The van der Waals surface area contributed by atoms with Crippen LogP contribution in [0.4, 0.5) is 0 Å². The van der Waals surface area contributed by atoms with Gasteiger partial charge in [0.25, 0.3) is 0 Å². The summed E-state index contributed by atoms with van der Waals surface area (Å²) in [5.41, 5.74) is 1.76. The summed E-state index contributed by atoms with van der Waals surface area (Å²) < 4.78 is 2.22. The molecule has 68 valence electrons. The summed E-state index contributed by atoms with van der Waals surface area (Å²) in [6.07, 6.45) is 0. The molecule has 0 radical (unpaired) electrons. The number of hydrogen-bond donors (Lipinski definition) is 0. The molecular formula is C7H5BrN2S3. The molecule has 2 rings (SSSR count). The fraction of sp³-hybridized carbons (Fsp3) is 0.143. The summed E-state index contributed by atoms with van der Waals surface area (Å²) in [7, 11) is 0. The highest BCUT2D eigenvalue weighted by Crippen LogP contribution is 2.30. The number of halogens is 1. The molecule has 0 aliphatic carbocycles. The number of hydrogen-bond acceptors (Lipinski definition) is 5. The molecule has 0 saturated heterocycles. The van der Waals surface area contributed by atoms with Crippen LogP contribution in [0.25, 0.3) is 0 Å². The predicted molar refractivity (Wildman–Crippen MR) is 61.5 cm³/mol. The van der Waals surface area contributed by atoms with Crippen molar-refractivity contribution in [3.63, 3.8) is 0 Å². The molecule has 0 atom stereocenters. The molecule has 0 saturated carbocycles. The zero-order chi connectivity index (χ0) is 9.10. The van der Waals surface area contributed by atoms with Crippen molar-refractivity contribution in [1.29, 1.82) is 0 Å². The third kappa shape index (κ3) is 2.52. The Morgan fingerprint density at radius 2 is 2.38 bits per heavy atom. The molecule has 2 heterocycles. The van der Waals surface area contributed by atoms with Crippen LogP contribution in [0, 0.1) is 0 Å². The predicted octanol–water partition coefficient (Wildman–Crippen LogP) is 3.65. The average molecular weight is 293 g/mol. The van der Waals surface area contributed by atoms with Crippen molar-refractivity contribution in [2.45, 2.75) is 10.1 Å². The number of nitrogens with zero attached hydrogens (tertiary/aromatic N) is 2. The number of aromatic nitrogens is 2. The van der Waals surface area contributed by atoms with Gasteiger partial charge in [0, 0.05) is 15.1 Å². The van der Waals surface area contributed by atoms with Gasteiger partial charge in [-0.1, -0.05) is 23.1 Å². The van der Waals surface area contributed by atoms with Crippen molar-refractivity contribution in [3.05, 3.63) is 26.3 Å². The van der Waals surface area contributed by atoms with E-state index in [1.54, 1.807) is 39.9 Å². The SMILES string of the molecule is Brc1ccsc1CSc1nncs1. The van der Waals surface area contributed by atoms with Gasteiger partial charge in [-0.25, -0.2) is 0 Å². The van der Waals surface area contributed by atoms with E-state index >= 15 is 0 Å². The van der Waals surface area contributed by atoms with Crippen molar-refractivity contribution in [1.82, 2.24) is 10.2 Å². The Bertz CT molecular complexity index is 371. The van der Waals surface area contributed by atoms with Crippen molar-refractivity contribution < 1.29 is 0 Å². The second-order valence-electron chi connectivity index (χ2n) is 2.19. The first-order valence-corrected chi connectivity index (χ1v) is 7.01. The van der Waals surface area contributed by atoms with Gasteiger partial charge in [-0.05, 0) is 27.4 Å². The van der Waals surface area contributed by atoms with E-state index in [9.17, 15) is 0 Å². The van der Waals surface area contributed by atoms with E-state index in [0.717, 1.165) is 10.1 Å². The minimum atomic E-state index is 0.966. The minimum Gasteiger partial charge on any atom is -0.147 e. The van der Waals surface area contributed by atoms with Crippen LogP contribution >= 0.6 is 50.4 Å². The minimum absolute atomic E-state index is 0.966. The third-order valence-corrected chi connectivity index (χ3v) is 5.35. The maximum atomic E-state index is 3.97. The molecule has 13 heavy (non-hydrogen) atoms. The monoisotopic (exact) mass is 292 g/mol. The number of thiophene rings is 1. The first-order chi connectivity index (χ1) is 6.36. The zero-order valence-corrected chi connectivity index (χ0v) is 10.5. The summed E-state index contributed by atoms with van der Waals surface area (Å²) in [6, 6.07) is 2.07. The topological polar surface area (TPSA) is 25.8 Å². The van der Waals surface area contributed by atoms with Crippen molar-refractivity contribution in [3.8, 4) is 0 Å². The quantitative estimate of drug-likeness (QED) is 0.808. The second kappa shape index (κ2) is 4.54. The van der Waals surface area contributed by atoms with Crippen molar-refractivity contribution >= 4 is 50.4 Å². The van der Waals surface area contributed by atoms with E-state index in [-0.39, 0.29) is 0 Å². The van der Waals surface area contributed by atoms with Gasteiger partial charge in [-0.3, -0.25) is 0 Å². The largest absolute Gasteiger partial charge is 0.174 e. The Morgan fingerprint density at radius 3 is 3.00 bits per heavy atom. The van der Waals surface area contributed by atoms with Gasteiger partial charge >= 0.3 is 0 Å². The van der Waals surface area contributed by atoms with Gasteiger partial charge in [0.1, 0.15) is 5.51 Å². The number of rotatable bonds is 3. The average Bonchev–Trinajstić information content (AvgIpc) is 2.72. The van der Waals surface area contributed by atoms with Gasteiger partial charge in [-0.15, -0.1) is 21.5 Å². The van der Waals surface area contributed by atoms with Crippen molar-refractivity contribution in [2.24, 2.45) is 0 Å². The zero-order valence-electron chi connectivity index (χ0n) is 6.44. The lowest BCUT2D eigenvalue weighted by Gasteiger charge is -1.94. The van der Waals surface area contributed by atoms with Gasteiger partial charge < -0.3 is 0 Å². The molecule has 0 aliphatic heterocycles. The van der Waals surface area contributed by atoms with Gasteiger partial charge in [0.05, 0.1) is 0 Å². The highest BCUT2D eigenvalue weighted by Gasteiger charge is 2.03. The van der Waals surface area contributed by atoms with E-state index in [1.165, 1.54) is 9.35 Å². The molecule has 2 nitrogen and oxygen atoms in total. The van der Waals surface area contributed by atoms with Crippen molar-refractivity contribution in [2.75, 3.05) is 0 Å². The maximum absolute atomic E-state index is 3.97. The van der Waals surface area contributed by atoms with Gasteiger partial charge in [0.2, 0.25) is 0 Å². The lowest BCUT2D eigenvalue weighted by Crippen LogP contribution is -1.75. The van der Waals surface area contributed by atoms with E-state index in [2.05, 4.69) is 37.6 Å². The summed E-state index contributed by atoms with van der Waals surface area (Å²) >= 11 is 8.56. The van der Waals surface area contributed by atoms with Crippen LogP contribution in [0.3, 0.4) is 0 Å². The molecule has 0 bridgehead atoms. The molecule has 0 aromatic carbocycles. The van der Waals surface area contributed by atoms with Gasteiger partial charge in [-0.2, -0.15) is 0 Å². The fourth-order valence-corrected chi connectivity index (χ4v) is 4.06. The molecule has 0 spiro atoms. The summed E-state index contributed by atoms with van der Waals surface area (Å²) in [6.45, 7) is 0. The molecule has 0 amide bonds. The van der Waals surface area contributed by atoms with Crippen LogP contribution in [0.2, 0.25) is 0 Å². The molecule has 2 aromatic rings. The van der Waals surface area contributed by atoms with Gasteiger partial charge in [0.15, 0.2) is 4.34 Å². The first kappa shape index (κ1) is 9.64. The fourth-order valence-electron chi connectivity index (χ4n) is 0.781. The Balaban J connectivity index is 1.97. The first-order valence-electron chi connectivity index (χ1n) is 3.47. The van der Waals surface area contributed by atoms with E-state index in [0.29, 0.717) is 0 Å². The number of thioether (sulfide) groups is 1. The molecule has 0 N–H and O–H groups in total. The van der Waals surface area contributed by atoms with Crippen LogP contribution in [0.15, 0.2) is 25.8 Å². The normalized spacial score (nSPS) is 10.5.